The quantitative estimate of drug-likeness (QED) is 0.184. The number of hydrogen-bond acceptors (Lipinski definition) is 0. The first kappa shape index (κ1) is 29.3. The van der Waals surface area contributed by atoms with Gasteiger partial charge in [-0.05, 0) is 95.5 Å². The van der Waals surface area contributed by atoms with Crippen molar-refractivity contribution < 1.29 is 0 Å². The lowest BCUT2D eigenvalue weighted by molar-refractivity contribution is 0.827. The predicted octanol–water partition coefficient (Wildman–Crippen LogP) is 12.2. The van der Waals surface area contributed by atoms with Gasteiger partial charge in [0.05, 0.1) is 0 Å². The van der Waals surface area contributed by atoms with Crippen LogP contribution >= 0.6 is 0 Å². The molecule has 0 aliphatic heterocycles. The fourth-order valence-corrected chi connectivity index (χ4v) is 8.20. The van der Waals surface area contributed by atoms with Crippen LogP contribution in [0.25, 0.3) is 65.9 Å². The topological polar surface area (TPSA) is 9.86 Å². The second-order valence-electron chi connectivity index (χ2n) is 12.9. The van der Waals surface area contributed by atoms with Crippen LogP contribution in [-0.4, -0.2) is 9.13 Å². The molecule has 2 aliphatic rings. The zero-order valence-electron chi connectivity index (χ0n) is 28.0. The monoisotopic (exact) mass is 610 g/mol. The van der Waals surface area contributed by atoms with Gasteiger partial charge in [-0.2, -0.15) is 0 Å². The number of rotatable bonds is 2. The van der Waals surface area contributed by atoms with Crippen molar-refractivity contribution in [1.29, 1.82) is 0 Å². The zero-order chi connectivity index (χ0) is 32.1. The normalized spacial score (nSPS) is 12.3. The molecule has 10 rings (SSSR count). The number of aryl methyl sites for hydroxylation is 2. The lowest BCUT2D eigenvalue weighted by atomic mass is 9.99. The van der Waals surface area contributed by atoms with Crippen molar-refractivity contribution in [2.45, 2.75) is 60.0 Å². The molecule has 2 nitrogen and oxygen atoms in total. The van der Waals surface area contributed by atoms with Crippen molar-refractivity contribution in [1.82, 2.24) is 9.13 Å². The highest BCUT2D eigenvalue weighted by molar-refractivity contribution is 6.17. The summed E-state index contributed by atoms with van der Waals surface area (Å²) in [6, 6.07) is 44.6. The lowest BCUT2D eigenvalue weighted by Gasteiger charge is -2.06. The number of benzene rings is 6. The van der Waals surface area contributed by atoms with Crippen LogP contribution in [-0.2, 0) is 25.9 Å². The third kappa shape index (κ3) is 4.53. The van der Waals surface area contributed by atoms with E-state index in [2.05, 4.69) is 158 Å². The Morgan fingerprint density at radius 2 is 0.787 bits per heavy atom. The SMILES string of the molecule is CCC.CCn1c2ccccc2c2c3c(ccc21)Cc1ccccc1-3.CCn1c2ccccc2c2c3c(ccc21)Cc1ccccc1-3. The van der Waals surface area contributed by atoms with Crippen LogP contribution < -0.4 is 0 Å². The van der Waals surface area contributed by atoms with Crippen LogP contribution in [0.3, 0.4) is 0 Å². The lowest BCUT2D eigenvalue weighted by Crippen LogP contribution is -1.93. The summed E-state index contributed by atoms with van der Waals surface area (Å²) in [4.78, 5) is 0. The van der Waals surface area contributed by atoms with Gasteiger partial charge in [0.15, 0.2) is 0 Å². The number of nitrogens with zero attached hydrogens (tertiary/aromatic N) is 2. The van der Waals surface area contributed by atoms with E-state index in [-0.39, 0.29) is 0 Å². The number of aromatic nitrogens is 2. The van der Waals surface area contributed by atoms with Crippen LogP contribution in [0, 0.1) is 0 Å². The molecule has 0 bridgehead atoms. The van der Waals surface area contributed by atoms with Crippen LogP contribution in [0.15, 0.2) is 121 Å². The summed E-state index contributed by atoms with van der Waals surface area (Å²) >= 11 is 0. The molecule has 0 saturated carbocycles. The second kappa shape index (κ2) is 11.9. The number of fused-ring (bicyclic) bond motifs is 14. The zero-order valence-corrected chi connectivity index (χ0v) is 28.0. The smallest absolute Gasteiger partial charge is 0.0497 e. The summed E-state index contributed by atoms with van der Waals surface area (Å²) in [6.45, 7) is 10.7. The molecule has 0 atom stereocenters. The van der Waals surface area contributed by atoms with Gasteiger partial charge in [0.25, 0.3) is 0 Å². The van der Waals surface area contributed by atoms with Gasteiger partial charge in [0, 0.05) is 56.7 Å². The maximum Gasteiger partial charge on any atom is 0.0497 e. The highest BCUT2D eigenvalue weighted by atomic mass is 15.0. The molecular formula is C45H42N2. The summed E-state index contributed by atoms with van der Waals surface area (Å²) in [6.07, 6.45) is 3.38. The third-order valence-corrected chi connectivity index (χ3v) is 10.0. The van der Waals surface area contributed by atoms with E-state index in [1.165, 1.54) is 94.5 Å². The van der Waals surface area contributed by atoms with Crippen LogP contribution in [0.2, 0.25) is 0 Å². The van der Waals surface area contributed by atoms with Gasteiger partial charge in [-0.1, -0.05) is 117 Å². The molecule has 0 spiro atoms. The first-order valence-electron chi connectivity index (χ1n) is 17.4. The highest BCUT2D eigenvalue weighted by Crippen LogP contribution is 2.46. The average molecular weight is 611 g/mol. The molecular weight excluding hydrogens is 569 g/mol. The molecule has 47 heavy (non-hydrogen) atoms. The van der Waals surface area contributed by atoms with Crippen molar-refractivity contribution in [3.05, 3.63) is 144 Å². The van der Waals surface area contributed by atoms with Gasteiger partial charge in [-0.15, -0.1) is 0 Å². The van der Waals surface area contributed by atoms with Gasteiger partial charge in [-0.3, -0.25) is 0 Å². The largest absolute Gasteiger partial charge is 0.341 e. The van der Waals surface area contributed by atoms with Crippen LogP contribution in [0.1, 0.15) is 56.4 Å². The number of hydrogen-bond donors (Lipinski definition) is 0. The van der Waals surface area contributed by atoms with Gasteiger partial charge < -0.3 is 9.13 Å². The fraction of sp³-hybridized carbons (Fsp3) is 0.200. The summed E-state index contributed by atoms with van der Waals surface area (Å²) in [5.74, 6) is 0. The van der Waals surface area contributed by atoms with Crippen molar-refractivity contribution >= 4 is 43.6 Å². The predicted molar refractivity (Wildman–Crippen MR) is 203 cm³/mol. The van der Waals surface area contributed by atoms with Gasteiger partial charge >= 0.3 is 0 Å². The van der Waals surface area contributed by atoms with E-state index in [1.807, 2.05) is 0 Å². The maximum atomic E-state index is 2.44. The van der Waals surface area contributed by atoms with Crippen molar-refractivity contribution in [3.63, 3.8) is 0 Å². The molecule has 2 heterocycles. The van der Waals surface area contributed by atoms with Crippen molar-refractivity contribution in [2.24, 2.45) is 0 Å². The first-order chi connectivity index (χ1) is 23.2. The standard InChI is InChI=1S/2C21H17N.C3H8/c2*1-2-22-18-10-6-5-9-17(18)21-19(22)12-11-15-13-14-7-3-4-8-16(14)20(15)21;1-3-2/h2*3-12H,2,13H2,1H3;3H2,1-2H3. The van der Waals surface area contributed by atoms with E-state index in [4.69, 9.17) is 0 Å². The molecule has 0 unspecified atom stereocenters. The van der Waals surface area contributed by atoms with Gasteiger partial charge in [0.2, 0.25) is 0 Å². The van der Waals surface area contributed by atoms with Gasteiger partial charge in [0.1, 0.15) is 0 Å². The minimum Gasteiger partial charge on any atom is -0.341 e. The molecule has 0 radical (unpaired) electrons. The molecule has 8 aromatic rings. The van der Waals surface area contributed by atoms with E-state index in [0.29, 0.717) is 0 Å². The Kier molecular flexibility index (Phi) is 7.45. The van der Waals surface area contributed by atoms with E-state index < -0.39 is 0 Å². The maximum absolute atomic E-state index is 2.44. The van der Waals surface area contributed by atoms with E-state index in [9.17, 15) is 0 Å². The minimum atomic E-state index is 1.00. The first-order valence-corrected chi connectivity index (χ1v) is 17.4. The Balaban J connectivity index is 0.000000128. The molecule has 0 N–H and O–H groups in total. The molecule has 232 valence electrons. The summed E-state index contributed by atoms with van der Waals surface area (Å²) in [7, 11) is 0. The second-order valence-corrected chi connectivity index (χ2v) is 12.9. The number of para-hydroxylation sites is 2. The third-order valence-electron chi connectivity index (χ3n) is 10.0. The Morgan fingerprint density at radius 3 is 1.21 bits per heavy atom. The Labute approximate surface area is 277 Å². The molecule has 2 heteroatoms. The average Bonchev–Trinajstić information content (AvgIpc) is 3.85. The van der Waals surface area contributed by atoms with Crippen molar-refractivity contribution in [3.8, 4) is 22.3 Å². The molecule has 0 amide bonds. The minimum absolute atomic E-state index is 1.00. The molecule has 2 aromatic heterocycles. The molecule has 2 aliphatic carbocycles. The molecule has 6 aromatic carbocycles. The summed E-state index contributed by atoms with van der Waals surface area (Å²) in [5, 5.41) is 5.63. The van der Waals surface area contributed by atoms with Crippen LogP contribution in [0.5, 0.6) is 0 Å². The Hall–Kier alpha value is -5.08. The van der Waals surface area contributed by atoms with Crippen molar-refractivity contribution in [2.75, 3.05) is 0 Å². The van der Waals surface area contributed by atoms with Gasteiger partial charge in [-0.25, -0.2) is 0 Å². The molecule has 0 fully saturated rings. The molecule has 0 saturated heterocycles. The Bertz CT molecular complexity index is 2260. The highest BCUT2D eigenvalue weighted by Gasteiger charge is 2.25. The van der Waals surface area contributed by atoms with Crippen LogP contribution in [0.4, 0.5) is 0 Å². The fourth-order valence-electron chi connectivity index (χ4n) is 8.20. The van der Waals surface area contributed by atoms with E-state index in [1.54, 1.807) is 0 Å². The Morgan fingerprint density at radius 1 is 0.404 bits per heavy atom. The van der Waals surface area contributed by atoms with E-state index >= 15 is 0 Å². The van der Waals surface area contributed by atoms with E-state index in [0.717, 1.165) is 25.9 Å². The summed E-state index contributed by atoms with van der Waals surface area (Å²) in [5.41, 5.74) is 17.0. The summed E-state index contributed by atoms with van der Waals surface area (Å²) < 4.78 is 4.87.